The van der Waals surface area contributed by atoms with E-state index in [0.29, 0.717) is 12.8 Å². The number of halogens is 1. The molecule has 1 aliphatic carbocycles. The zero-order chi connectivity index (χ0) is 14.3. The number of aryl methyl sites for hydroxylation is 1. The third-order valence-electron chi connectivity index (χ3n) is 3.82. The van der Waals surface area contributed by atoms with E-state index in [1.807, 2.05) is 6.92 Å². The van der Waals surface area contributed by atoms with Crippen LogP contribution >= 0.6 is 0 Å². The molecule has 1 aromatic carbocycles. The Morgan fingerprint density at radius 3 is 2.80 bits per heavy atom. The monoisotopic (exact) mass is 276 g/mol. The number of carboxylic acid groups (broad SMARTS) is 1. The van der Waals surface area contributed by atoms with Crippen molar-refractivity contribution in [1.29, 1.82) is 0 Å². The van der Waals surface area contributed by atoms with Crippen molar-refractivity contribution in [2.24, 2.45) is 0 Å². The molecule has 6 nitrogen and oxygen atoms in total. The Labute approximate surface area is 114 Å². The van der Waals surface area contributed by atoms with Crippen LogP contribution in [0.2, 0.25) is 0 Å². The highest BCUT2D eigenvalue weighted by atomic mass is 19.1. The van der Waals surface area contributed by atoms with Gasteiger partial charge in [0, 0.05) is 0 Å². The van der Waals surface area contributed by atoms with Gasteiger partial charge in [-0.25, -0.2) is 13.9 Å². The number of carbonyl (C=O) groups is 1. The molecule has 0 amide bonds. The Morgan fingerprint density at radius 2 is 2.20 bits per heavy atom. The van der Waals surface area contributed by atoms with Crippen LogP contribution < -0.4 is 0 Å². The van der Waals surface area contributed by atoms with Gasteiger partial charge in [-0.1, -0.05) is 11.6 Å². The molecule has 1 heterocycles. The molecular formula is C13H13FN4O2. The van der Waals surface area contributed by atoms with Crippen LogP contribution in [-0.4, -0.2) is 31.3 Å². The number of rotatable bonds is 3. The summed E-state index contributed by atoms with van der Waals surface area (Å²) in [6, 6.07) is 4.59. The van der Waals surface area contributed by atoms with E-state index in [0.717, 1.165) is 12.0 Å². The smallest absolute Gasteiger partial charge is 0.331 e. The third-order valence-corrected chi connectivity index (χ3v) is 3.82. The summed E-state index contributed by atoms with van der Waals surface area (Å²) in [7, 11) is 0. The summed E-state index contributed by atoms with van der Waals surface area (Å²) in [6.07, 6.45) is 1.70. The topological polar surface area (TPSA) is 80.9 Å². The van der Waals surface area contributed by atoms with Crippen molar-refractivity contribution in [2.45, 2.75) is 31.7 Å². The molecule has 20 heavy (non-hydrogen) atoms. The molecule has 1 aromatic heterocycles. The number of benzene rings is 1. The van der Waals surface area contributed by atoms with Crippen LogP contribution in [0.4, 0.5) is 4.39 Å². The number of nitrogens with zero attached hydrogens (tertiary/aromatic N) is 4. The minimum atomic E-state index is -1.14. The van der Waals surface area contributed by atoms with Crippen LogP contribution in [0.25, 0.3) is 11.4 Å². The maximum Gasteiger partial charge on any atom is 0.331 e. The zero-order valence-electron chi connectivity index (χ0n) is 10.9. The number of aliphatic carboxylic acids is 1. The molecular weight excluding hydrogens is 263 g/mol. The van der Waals surface area contributed by atoms with Gasteiger partial charge in [-0.2, -0.15) is 0 Å². The fourth-order valence-corrected chi connectivity index (χ4v) is 2.48. The van der Waals surface area contributed by atoms with Gasteiger partial charge in [-0.3, -0.25) is 0 Å². The minimum absolute atomic E-state index is 0.160. The van der Waals surface area contributed by atoms with E-state index in [1.54, 1.807) is 12.1 Å². The summed E-state index contributed by atoms with van der Waals surface area (Å²) in [4.78, 5) is 11.5. The lowest BCUT2D eigenvalue weighted by atomic mass is 9.76. The maximum atomic E-state index is 14.0. The molecule has 0 spiro atoms. The summed E-state index contributed by atoms with van der Waals surface area (Å²) >= 11 is 0. The van der Waals surface area contributed by atoms with Gasteiger partial charge >= 0.3 is 5.97 Å². The Bertz CT molecular complexity index is 679. The number of hydrogen-bond acceptors (Lipinski definition) is 4. The molecule has 7 heteroatoms. The van der Waals surface area contributed by atoms with E-state index in [9.17, 15) is 14.3 Å². The van der Waals surface area contributed by atoms with Gasteiger partial charge in [-0.15, -0.1) is 5.10 Å². The van der Waals surface area contributed by atoms with E-state index in [-0.39, 0.29) is 11.4 Å². The molecule has 0 bridgehead atoms. The molecule has 1 fully saturated rings. The first-order valence-corrected chi connectivity index (χ1v) is 6.33. The van der Waals surface area contributed by atoms with Crippen LogP contribution in [0.5, 0.6) is 0 Å². The van der Waals surface area contributed by atoms with Gasteiger partial charge in [0.2, 0.25) is 0 Å². The summed E-state index contributed by atoms with van der Waals surface area (Å²) in [5.74, 6) is -1.29. The Morgan fingerprint density at radius 1 is 1.45 bits per heavy atom. The first kappa shape index (κ1) is 12.7. The van der Waals surface area contributed by atoms with Gasteiger partial charge in [0.1, 0.15) is 5.82 Å². The van der Waals surface area contributed by atoms with Gasteiger partial charge in [0.05, 0.1) is 5.56 Å². The van der Waals surface area contributed by atoms with E-state index < -0.39 is 17.3 Å². The largest absolute Gasteiger partial charge is 0.479 e. The first-order chi connectivity index (χ1) is 9.54. The number of carboxylic acids is 1. The standard InChI is InChI=1S/C13H13FN4O2/c1-8-3-4-10(14)9(7-8)11-15-16-17-18(11)13(12(19)20)5-2-6-13/h3-4,7H,2,5-6H2,1H3,(H,19,20). The maximum absolute atomic E-state index is 14.0. The highest BCUT2D eigenvalue weighted by molar-refractivity contribution is 5.78. The van der Waals surface area contributed by atoms with Crippen molar-refractivity contribution in [3.63, 3.8) is 0 Å². The van der Waals surface area contributed by atoms with Gasteiger partial charge < -0.3 is 5.11 Å². The number of aromatic nitrogens is 4. The van der Waals surface area contributed by atoms with Crippen molar-refractivity contribution in [1.82, 2.24) is 20.2 Å². The quantitative estimate of drug-likeness (QED) is 0.923. The van der Waals surface area contributed by atoms with Crippen LogP contribution in [0.15, 0.2) is 18.2 Å². The lowest BCUT2D eigenvalue weighted by molar-refractivity contribution is -0.153. The fourth-order valence-electron chi connectivity index (χ4n) is 2.48. The Hall–Kier alpha value is -2.31. The first-order valence-electron chi connectivity index (χ1n) is 6.33. The molecule has 104 valence electrons. The third kappa shape index (κ3) is 1.70. The molecule has 0 saturated heterocycles. The zero-order valence-corrected chi connectivity index (χ0v) is 10.9. The molecule has 1 saturated carbocycles. The molecule has 1 aliphatic rings. The van der Waals surface area contributed by atoms with Crippen molar-refractivity contribution in [2.75, 3.05) is 0 Å². The van der Waals surface area contributed by atoms with Gasteiger partial charge in [-0.05, 0) is 48.7 Å². The van der Waals surface area contributed by atoms with Crippen molar-refractivity contribution in [3.05, 3.63) is 29.6 Å². The predicted molar refractivity (Wildman–Crippen MR) is 67.4 cm³/mol. The van der Waals surface area contributed by atoms with Gasteiger partial charge in [0.25, 0.3) is 0 Å². The van der Waals surface area contributed by atoms with E-state index in [1.165, 1.54) is 10.7 Å². The highest BCUT2D eigenvalue weighted by Crippen LogP contribution is 2.41. The molecule has 1 N–H and O–H groups in total. The van der Waals surface area contributed by atoms with Crippen LogP contribution in [0.1, 0.15) is 24.8 Å². The lowest BCUT2D eigenvalue weighted by Gasteiger charge is -2.37. The molecule has 0 atom stereocenters. The number of hydrogen-bond donors (Lipinski definition) is 1. The second-order valence-corrected chi connectivity index (χ2v) is 5.09. The van der Waals surface area contributed by atoms with Crippen molar-refractivity contribution >= 4 is 5.97 Å². The SMILES string of the molecule is Cc1ccc(F)c(-c2nnnn2C2(C(=O)O)CCC2)c1. The minimum Gasteiger partial charge on any atom is -0.479 e. The average Bonchev–Trinajstić information content (AvgIpc) is 2.80. The summed E-state index contributed by atoms with van der Waals surface area (Å²) < 4.78 is 15.2. The summed E-state index contributed by atoms with van der Waals surface area (Å²) in [5.41, 5.74) is -0.0638. The van der Waals surface area contributed by atoms with Crippen molar-refractivity contribution in [3.8, 4) is 11.4 Å². The second-order valence-electron chi connectivity index (χ2n) is 5.09. The van der Waals surface area contributed by atoms with Crippen molar-refractivity contribution < 1.29 is 14.3 Å². The fraction of sp³-hybridized carbons (Fsp3) is 0.385. The lowest BCUT2D eigenvalue weighted by Crippen LogP contribution is -2.48. The average molecular weight is 276 g/mol. The molecule has 0 unspecified atom stereocenters. The second kappa shape index (κ2) is 4.36. The van der Waals surface area contributed by atoms with E-state index in [4.69, 9.17) is 0 Å². The molecule has 3 rings (SSSR count). The summed E-state index contributed by atoms with van der Waals surface area (Å²) in [6.45, 7) is 1.83. The Balaban J connectivity index is 2.16. The van der Waals surface area contributed by atoms with Crippen LogP contribution in [-0.2, 0) is 10.3 Å². The highest BCUT2D eigenvalue weighted by Gasteiger charge is 2.49. The van der Waals surface area contributed by atoms with E-state index in [2.05, 4.69) is 15.5 Å². The van der Waals surface area contributed by atoms with Gasteiger partial charge in [0.15, 0.2) is 11.4 Å². The van der Waals surface area contributed by atoms with Crippen LogP contribution in [0, 0.1) is 12.7 Å². The summed E-state index contributed by atoms with van der Waals surface area (Å²) in [5, 5.41) is 20.6. The Kier molecular flexibility index (Phi) is 2.77. The molecule has 0 aliphatic heterocycles. The normalized spacial score (nSPS) is 16.7. The number of tetrazole rings is 1. The molecule has 2 aromatic rings. The molecule has 0 radical (unpaired) electrons. The van der Waals surface area contributed by atoms with E-state index >= 15 is 0 Å². The predicted octanol–water partition coefficient (Wildman–Crippen LogP) is 1.75. The van der Waals surface area contributed by atoms with Crippen LogP contribution in [0.3, 0.4) is 0 Å².